The minimum absolute atomic E-state index is 0.0368. The number of hydrogen-bond donors (Lipinski definition) is 6. The molecule has 0 radical (unpaired) electrons. The number of carboxylic acids is 1. The van der Waals surface area contributed by atoms with E-state index in [1.54, 1.807) is 19.9 Å². The maximum atomic E-state index is 13.5. The molecule has 14 nitrogen and oxygen atoms in total. The van der Waals surface area contributed by atoms with Gasteiger partial charge in [-0.15, -0.1) is 0 Å². The van der Waals surface area contributed by atoms with Gasteiger partial charge in [0.1, 0.15) is 17.7 Å². The number of aliphatic carboxylic acids is 1. The number of primary amides is 1. The van der Waals surface area contributed by atoms with Gasteiger partial charge in [0.05, 0.1) is 12.5 Å². The van der Waals surface area contributed by atoms with Crippen molar-refractivity contribution in [2.24, 2.45) is 40.2 Å². The molecule has 0 unspecified atom stereocenters. The molecule has 14 heteroatoms. The highest BCUT2D eigenvalue weighted by Gasteiger charge is 2.68. The number of nitrogens with two attached hydrogens (primary N) is 1. The number of esters is 1. The van der Waals surface area contributed by atoms with Gasteiger partial charge in [-0.3, -0.25) is 28.8 Å². The number of aliphatic hydroxyl groups excluding tert-OH is 1. The van der Waals surface area contributed by atoms with Crippen LogP contribution in [0.4, 0.5) is 0 Å². The van der Waals surface area contributed by atoms with Crippen LogP contribution < -0.4 is 16.4 Å². The van der Waals surface area contributed by atoms with Crippen molar-refractivity contribution in [1.29, 1.82) is 0 Å². The van der Waals surface area contributed by atoms with Crippen LogP contribution in [0.5, 0.6) is 0 Å². The van der Waals surface area contributed by atoms with Crippen LogP contribution in [-0.4, -0.2) is 86.9 Å². The van der Waals surface area contributed by atoms with Gasteiger partial charge in [0.25, 0.3) is 0 Å². The first-order valence-electron chi connectivity index (χ1n) is 17.3. The first-order chi connectivity index (χ1) is 22.8. The molecule has 7 N–H and O–H groups in total. The number of ketones is 2. The van der Waals surface area contributed by atoms with Gasteiger partial charge >= 0.3 is 11.9 Å². The molecule has 4 aliphatic carbocycles. The number of amides is 3. The molecule has 0 saturated heterocycles. The highest BCUT2D eigenvalue weighted by Crippen LogP contribution is 2.67. The molecule has 0 heterocycles. The van der Waals surface area contributed by atoms with Gasteiger partial charge in [-0.25, -0.2) is 4.79 Å². The van der Waals surface area contributed by atoms with Crippen molar-refractivity contribution in [3.63, 3.8) is 0 Å². The molecule has 49 heavy (non-hydrogen) atoms. The maximum Gasteiger partial charge on any atom is 0.326 e. The van der Waals surface area contributed by atoms with Crippen LogP contribution in [0, 0.1) is 34.5 Å². The summed E-state index contributed by atoms with van der Waals surface area (Å²) in [5.41, 5.74) is 3.10. The van der Waals surface area contributed by atoms with E-state index in [0.717, 1.165) is 18.4 Å². The Bertz CT molecular complexity index is 1410. The van der Waals surface area contributed by atoms with E-state index >= 15 is 0 Å². The number of allylic oxidation sites excluding steroid dienone is 1. The Morgan fingerprint density at radius 3 is 2.35 bits per heavy atom. The number of carbonyl (C=O) groups is 7. The third-order valence-electron chi connectivity index (χ3n) is 12.0. The number of carbonyl (C=O) groups excluding carboxylic acids is 6. The maximum absolute atomic E-state index is 13.5. The minimum Gasteiger partial charge on any atom is -0.480 e. The molecule has 4 rings (SSSR count). The second-order valence-electron chi connectivity index (χ2n) is 15.3. The number of nitrogens with one attached hydrogen (secondary N) is 2. The summed E-state index contributed by atoms with van der Waals surface area (Å²) in [6, 6.07) is -2.53. The fourth-order valence-electron chi connectivity index (χ4n) is 9.29. The van der Waals surface area contributed by atoms with Crippen molar-refractivity contribution >= 4 is 41.2 Å². The van der Waals surface area contributed by atoms with Crippen molar-refractivity contribution in [1.82, 2.24) is 10.6 Å². The first kappa shape index (κ1) is 38.2. The van der Waals surface area contributed by atoms with E-state index in [4.69, 9.17) is 10.5 Å². The highest BCUT2D eigenvalue weighted by atomic mass is 16.5. The average molecular weight is 690 g/mol. The molecule has 0 aliphatic heterocycles. The number of Topliss-reactive ketones (excluding diaryl/α,β-unsaturated/α-hetero) is 1. The third kappa shape index (κ3) is 7.59. The lowest BCUT2D eigenvalue weighted by Crippen LogP contribution is -2.62. The largest absolute Gasteiger partial charge is 0.480 e. The Kier molecular flexibility index (Phi) is 11.4. The summed E-state index contributed by atoms with van der Waals surface area (Å²) in [4.78, 5) is 86.2. The zero-order chi connectivity index (χ0) is 36.5. The summed E-state index contributed by atoms with van der Waals surface area (Å²) in [5.74, 6) is -5.46. The van der Waals surface area contributed by atoms with Gasteiger partial charge < -0.3 is 36.4 Å². The average Bonchev–Trinajstić information content (AvgIpc) is 3.29. The second kappa shape index (κ2) is 14.7. The van der Waals surface area contributed by atoms with Gasteiger partial charge in [0.2, 0.25) is 23.5 Å². The fraction of sp³-hybridized carbons (Fsp3) is 0.743. The predicted octanol–water partition coefficient (Wildman–Crippen LogP) is 1.09. The third-order valence-corrected chi connectivity index (χ3v) is 12.0. The summed E-state index contributed by atoms with van der Waals surface area (Å²) >= 11 is 0. The molecular formula is C35H51N3O11. The molecular weight excluding hydrogens is 638 g/mol. The molecule has 4 aliphatic rings. The highest BCUT2D eigenvalue weighted by molar-refractivity contribution is 5.93. The number of rotatable bonds is 14. The van der Waals surface area contributed by atoms with Crippen LogP contribution in [0.1, 0.15) is 98.3 Å². The molecule has 9 atom stereocenters. The van der Waals surface area contributed by atoms with E-state index in [9.17, 15) is 48.9 Å². The molecule has 0 bridgehead atoms. The van der Waals surface area contributed by atoms with Crippen LogP contribution >= 0.6 is 0 Å². The quantitative estimate of drug-likeness (QED) is 0.141. The number of carboxylic acid groups (broad SMARTS) is 1. The molecule has 0 aromatic heterocycles. The number of ether oxygens (including phenoxy) is 1. The molecule has 3 fully saturated rings. The minimum atomic E-state index is -1.82. The molecule has 0 aromatic carbocycles. The molecule has 0 spiro atoms. The summed E-state index contributed by atoms with van der Waals surface area (Å²) in [6.45, 7) is 6.53. The summed E-state index contributed by atoms with van der Waals surface area (Å²) in [7, 11) is 0. The number of hydrogen-bond acceptors (Lipinski definition) is 10. The lowest BCUT2D eigenvalue weighted by Gasteiger charge is -2.60. The predicted molar refractivity (Wildman–Crippen MR) is 173 cm³/mol. The van der Waals surface area contributed by atoms with Crippen molar-refractivity contribution in [3.05, 3.63) is 11.6 Å². The van der Waals surface area contributed by atoms with E-state index in [-0.39, 0.29) is 61.1 Å². The Morgan fingerprint density at radius 1 is 1.02 bits per heavy atom. The van der Waals surface area contributed by atoms with Crippen molar-refractivity contribution < 1.29 is 53.6 Å². The van der Waals surface area contributed by atoms with Crippen LogP contribution in [0.2, 0.25) is 0 Å². The van der Waals surface area contributed by atoms with E-state index in [1.807, 2.05) is 6.92 Å². The van der Waals surface area contributed by atoms with E-state index in [0.29, 0.717) is 19.3 Å². The van der Waals surface area contributed by atoms with Crippen LogP contribution in [-0.2, 0) is 38.3 Å². The van der Waals surface area contributed by atoms with E-state index in [1.165, 1.54) is 0 Å². The SMILES string of the molecule is CC(C)[C@H](NC(=O)CCC(=O)OCC(=O)[C@@]1(O)CC[C@@H]2[C@@H]3CCC4=CC(=O)CC[C@]4(C)[C@@H]3[C@@H](O)C[C@@]21C)C(=O)N[C@H](CCC(N)=O)C(=O)O. The number of fused-ring (bicyclic) bond motifs is 5. The standard InChI is InChI=1S/C35H51N3O11/c1-18(2)30(31(45)37-23(32(46)47)7-8-26(36)42)38-27(43)9-10-28(44)49-17-25(41)35(48)14-12-22-21-6-5-19-15-20(39)11-13-33(19,3)29(21)24(40)16-34(22,35)4/h15,18,21-24,29-30,40,48H,5-14,16-17H2,1-4H3,(H2,36,42)(H,37,45)(H,38,43)(H,46,47)/t21-,22+,23+,24-,29-,30-,33-,34-,35-/m0/s1. The molecule has 0 aromatic rings. The molecule has 3 amide bonds. The second-order valence-corrected chi connectivity index (χ2v) is 15.3. The Labute approximate surface area is 286 Å². The van der Waals surface area contributed by atoms with Gasteiger partial charge in [-0.2, -0.15) is 0 Å². The van der Waals surface area contributed by atoms with Crippen LogP contribution in [0.25, 0.3) is 0 Å². The normalized spacial score (nSPS) is 33.2. The van der Waals surface area contributed by atoms with Gasteiger partial charge in [0, 0.05) is 24.7 Å². The van der Waals surface area contributed by atoms with Gasteiger partial charge in [-0.05, 0) is 80.1 Å². The lowest BCUT2D eigenvalue weighted by atomic mass is 9.45. The Balaban J connectivity index is 1.31. The summed E-state index contributed by atoms with van der Waals surface area (Å²) in [5, 5.41) is 37.6. The molecule has 272 valence electrons. The van der Waals surface area contributed by atoms with Crippen LogP contribution in [0.3, 0.4) is 0 Å². The lowest BCUT2D eigenvalue weighted by molar-refractivity contribution is -0.184. The van der Waals surface area contributed by atoms with Gasteiger partial charge in [0.15, 0.2) is 12.4 Å². The smallest absolute Gasteiger partial charge is 0.326 e. The zero-order valence-corrected chi connectivity index (χ0v) is 28.8. The van der Waals surface area contributed by atoms with Crippen molar-refractivity contribution in [2.45, 2.75) is 122 Å². The fourth-order valence-corrected chi connectivity index (χ4v) is 9.29. The Morgan fingerprint density at radius 2 is 1.71 bits per heavy atom. The Hall–Kier alpha value is -3.65. The summed E-state index contributed by atoms with van der Waals surface area (Å²) in [6.07, 6.45) is 3.24. The van der Waals surface area contributed by atoms with E-state index < -0.39 is 83.6 Å². The summed E-state index contributed by atoms with van der Waals surface area (Å²) < 4.78 is 5.20. The van der Waals surface area contributed by atoms with Crippen molar-refractivity contribution in [2.75, 3.05) is 6.61 Å². The van der Waals surface area contributed by atoms with Gasteiger partial charge in [-0.1, -0.05) is 33.3 Å². The topological polar surface area (TPSA) is 239 Å². The van der Waals surface area contributed by atoms with Crippen LogP contribution in [0.15, 0.2) is 11.6 Å². The van der Waals surface area contributed by atoms with Crippen molar-refractivity contribution in [3.8, 4) is 0 Å². The number of aliphatic hydroxyl groups is 2. The van der Waals surface area contributed by atoms with E-state index in [2.05, 4.69) is 17.6 Å². The first-order valence-corrected chi connectivity index (χ1v) is 17.3. The monoisotopic (exact) mass is 689 g/mol. The molecule has 3 saturated carbocycles. The zero-order valence-electron chi connectivity index (χ0n) is 28.8.